The van der Waals surface area contributed by atoms with E-state index >= 15 is 0 Å². The molecular weight excluding hydrogens is 408 g/mol. The number of rotatable bonds is 6. The lowest BCUT2D eigenvalue weighted by atomic mass is 10.3. The molecule has 0 spiro atoms. The van der Waals surface area contributed by atoms with Crippen molar-refractivity contribution in [2.24, 2.45) is 0 Å². The van der Waals surface area contributed by atoms with Gasteiger partial charge in [-0.25, -0.2) is 14.3 Å². The lowest BCUT2D eigenvalue weighted by Gasteiger charge is -2.13. The van der Waals surface area contributed by atoms with Crippen molar-refractivity contribution in [1.82, 2.24) is 14.5 Å². The number of aromatic amines is 1. The number of carbonyl (C=O) groups is 1. The lowest BCUT2D eigenvalue weighted by Crippen LogP contribution is -2.32. The van der Waals surface area contributed by atoms with Crippen LogP contribution in [0.5, 0.6) is 5.75 Å². The summed E-state index contributed by atoms with van der Waals surface area (Å²) in [4.78, 5) is 43.1. The second kappa shape index (κ2) is 8.29. The van der Waals surface area contributed by atoms with E-state index in [0.717, 1.165) is 17.8 Å². The van der Waals surface area contributed by atoms with Crippen LogP contribution in [0.15, 0.2) is 73.8 Å². The quantitative estimate of drug-likeness (QED) is 0.456. The van der Waals surface area contributed by atoms with Gasteiger partial charge in [0.1, 0.15) is 17.1 Å². The van der Waals surface area contributed by atoms with Gasteiger partial charge in [-0.1, -0.05) is 23.9 Å². The van der Waals surface area contributed by atoms with E-state index in [9.17, 15) is 14.4 Å². The van der Waals surface area contributed by atoms with Crippen LogP contribution in [0.2, 0.25) is 0 Å². The standard InChI is InChI=1S/C20H16N4O5S/c1-28-13-8-6-12(7-9-13)24-16(10-17(25)23-19(24)27)22-18(26)11-30-20-21-14-4-2-3-5-15(14)29-20/h2-10H,11H2,1H3,(H,22,26)(H,23,25,27). The number of oxazole rings is 1. The molecule has 9 nitrogen and oxygen atoms in total. The zero-order chi connectivity index (χ0) is 21.1. The highest BCUT2D eigenvalue weighted by Gasteiger charge is 2.14. The van der Waals surface area contributed by atoms with E-state index in [2.05, 4.69) is 15.3 Å². The highest BCUT2D eigenvalue weighted by molar-refractivity contribution is 7.99. The van der Waals surface area contributed by atoms with Crippen molar-refractivity contribution < 1.29 is 13.9 Å². The van der Waals surface area contributed by atoms with E-state index in [1.165, 1.54) is 11.7 Å². The molecular formula is C20H16N4O5S. The molecule has 30 heavy (non-hydrogen) atoms. The first-order valence-corrected chi connectivity index (χ1v) is 9.81. The molecule has 4 rings (SSSR count). The molecule has 2 aromatic heterocycles. The van der Waals surface area contributed by atoms with Crippen LogP contribution in [-0.4, -0.2) is 33.3 Å². The Bertz CT molecular complexity index is 1290. The molecule has 0 atom stereocenters. The maximum Gasteiger partial charge on any atom is 0.334 e. The van der Waals surface area contributed by atoms with Gasteiger partial charge in [-0.3, -0.25) is 14.6 Å². The molecule has 0 aliphatic rings. The maximum absolute atomic E-state index is 12.5. The molecule has 1 amide bonds. The lowest BCUT2D eigenvalue weighted by molar-refractivity contribution is -0.113. The number of fused-ring (bicyclic) bond motifs is 1. The monoisotopic (exact) mass is 424 g/mol. The normalized spacial score (nSPS) is 10.8. The zero-order valence-electron chi connectivity index (χ0n) is 15.7. The molecule has 2 N–H and O–H groups in total. The van der Waals surface area contributed by atoms with E-state index in [1.54, 1.807) is 30.3 Å². The van der Waals surface area contributed by atoms with Crippen LogP contribution in [-0.2, 0) is 4.79 Å². The Morgan fingerprint density at radius 1 is 1.20 bits per heavy atom. The van der Waals surface area contributed by atoms with Gasteiger partial charge in [0, 0.05) is 6.07 Å². The molecule has 0 radical (unpaired) electrons. The van der Waals surface area contributed by atoms with Crippen LogP contribution in [0, 0.1) is 0 Å². The van der Waals surface area contributed by atoms with Gasteiger partial charge in [0.15, 0.2) is 5.58 Å². The Hall–Kier alpha value is -3.79. The molecule has 0 unspecified atom stereocenters. The van der Waals surface area contributed by atoms with Crippen LogP contribution in [0.1, 0.15) is 0 Å². The van der Waals surface area contributed by atoms with Gasteiger partial charge in [-0.15, -0.1) is 0 Å². The number of para-hydroxylation sites is 2. The first-order valence-electron chi connectivity index (χ1n) is 8.82. The Morgan fingerprint density at radius 2 is 1.97 bits per heavy atom. The summed E-state index contributed by atoms with van der Waals surface area (Å²) < 4.78 is 11.9. The Balaban J connectivity index is 1.54. The molecule has 0 aliphatic heterocycles. The summed E-state index contributed by atoms with van der Waals surface area (Å²) in [5.41, 5.74) is 0.492. The highest BCUT2D eigenvalue weighted by atomic mass is 32.2. The Labute approximate surface area is 173 Å². The molecule has 2 heterocycles. The van der Waals surface area contributed by atoms with E-state index in [-0.39, 0.29) is 11.6 Å². The topological polar surface area (TPSA) is 119 Å². The van der Waals surface area contributed by atoms with Crippen LogP contribution < -0.4 is 21.3 Å². The molecule has 0 bridgehead atoms. The number of benzene rings is 2. The zero-order valence-corrected chi connectivity index (χ0v) is 16.6. The summed E-state index contributed by atoms with van der Waals surface area (Å²) in [6.45, 7) is 0. The number of anilines is 1. The third-order valence-corrected chi connectivity index (χ3v) is 4.97. The van der Waals surface area contributed by atoms with Gasteiger partial charge in [-0.2, -0.15) is 0 Å². The van der Waals surface area contributed by atoms with E-state index in [1.807, 2.05) is 18.2 Å². The van der Waals surface area contributed by atoms with Crippen molar-refractivity contribution in [3.8, 4) is 11.4 Å². The highest BCUT2D eigenvalue weighted by Crippen LogP contribution is 2.23. The molecule has 152 valence electrons. The summed E-state index contributed by atoms with van der Waals surface area (Å²) in [5, 5.41) is 2.96. The van der Waals surface area contributed by atoms with Crippen molar-refractivity contribution in [2.45, 2.75) is 5.22 Å². The number of carbonyl (C=O) groups excluding carboxylic acids is 1. The van der Waals surface area contributed by atoms with E-state index in [4.69, 9.17) is 9.15 Å². The van der Waals surface area contributed by atoms with Crippen molar-refractivity contribution in [3.63, 3.8) is 0 Å². The fraction of sp³-hybridized carbons (Fsp3) is 0.100. The smallest absolute Gasteiger partial charge is 0.334 e. The largest absolute Gasteiger partial charge is 0.497 e. The molecule has 0 saturated heterocycles. The average Bonchev–Trinajstić information content (AvgIpc) is 3.15. The third kappa shape index (κ3) is 4.13. The fourth-order valence-corrected chi connectivity index (χ4v) is 3.43. The van der Waals surface area contributed by atoms with Crippen LogP contribution >= 0.6 is 11.8 Å². The minimum atomic E-state index is -0.672. The maximum atomic E-state index is 12.5. The van der Waals surface area contributed by atoms with Gasteiger partial charge in [0.05, 0.1) is 18.6 Å². The van der Waals surface area contributed by atoms with Crippen LogP contribution in [0.4, 0.5) is 5.82 Å². The predicted octanol–water partition coefficient (Wildman–Crippen LogP) is 2.41. The SMILES string of the molecule is COc1ccc(-n2c(NC(=O)CSc3nc4ccccc4o3)cc(=O)[nH]c2=O)cc1. The molecule has 2 aromatic carbocycles. The first-order chi connectivity index (χ1) is 14.5. The fourth-order valence-electron chi connectivity index (χ4n) is 2.79. The Kier molecular flexibility index (Phi) is 5.40. The van der Waals surface area contributed by atoms with Crippen molar-refractivity contribution in [2.75, 3.05) is 18.2 Å². The van der Waals surface area contributed by atoms with Gasteiger partial charge >= 0.3 is 5.69 Å². The molecule has 0 fully saturated rings. The number of H-pyrrole nitrogens is 1. The molecule has 10 heteroatoms. The summed E-state index contributed by atoms with van der Waals surface area (Å²) in [6, 6.07) is 15.0. The van der Waals surface area contributed by atoms with Gasteiger partial charge in [0.2, 0.25) is 5.91 Å². The minimum Gasteiger partial charge on any atom is -0.497 e. The number of thioether (sulfide) groups is 1. The number of hydrogen-bond donors (Lipinski definition) is 2. The summed E-state index contributed by atoms with van der Waals surface area (Å²) in [6.07, 6.45) is 0. The number of ether oxygens (including phenoxy) is 1. The summed E-state index contributed by atoms with van der Waals surface area (Å²) >= 11 is 1.11. The van der Waals surface area contributed by atoms with E-state index in [0.29, 0.717) is 27.8 Å². The number of aromatic nitrogens is 3. The molecule has 4 aromatic rings. The Morgan fingerprint density at radius 3 is 2.70 bits per heavy atom. The summed E-state index contributed by atoms with van der Waals surface area (Å²) in [5.74, 6) is 0.222. The van der Waals surface area contributed by atoms with E-state index < -0.39 is 17.2 Å². The van der Waals surface area contributed by atoms with Crippen molar-refractivity contribution in [3.05, 3.63) is 75.4 Å². The van der Waals surface area contributed by atoms with Crippen LogP contribution in [0.25, 0.3) is 16.8 Å². The number of nitrogens with zero attached hydrogens (tertiary/aromatic N) is 2. The number of hydrogen-bond acceptors (Lipinski definition) is 7. The van der Waals surface area contributed by atoms with Crippen molar-refractivity contribution >= 4 is 34.6 Å². The van der Waals surface area contributed by atoms with Gasteiger partial charge in [0.25, 0.3) is 10.8 Å². The van der Waals surface area contributed by atoms with Crippen LogP contribution in [0.3, 0.4) is 0 Å². The van der Waals surface area contributed by atoms with Gasteiger partial charge < -0.3 is 14.5 Å². The second-order valence-corrected chi connectivity index (χ2v) is 7.07. The summed E-state index contributed by atoms with van der Waals surface area (Å²) in [7, 11) is 1.53. The number of nitrogens with one attached hydrogen (secondary N) is 2. The number of amides is 1. The molecule has 0 saturated carbocycles. The second-order valence-electron chi connectivity index (χ2n) is 6.14. The first kappa shape index (κ1) is 19.5. The average molecular weight is 424 g/mol. The minimum absolute atomic E-state index is 0.0174. The predicted molar refractivity (Wildman–Crippen MR) is 113 cm³/mol. The molecule has 0 aliphatic carbocycles. The van der Waals surface area contributed by atoms with Gasteiger partial charge in [-0.05, 0) is 36.4 Å². The number of methoxy groups -OCH3 is 1. The van der Waals surface area contributed by atoms with Crippen molar-refractivity contribution in [1.29, 1.82) is 0 Å². The third-order valence-electron chi connectivity index (χ3n) is 4.14.